The molecule has 0 fully saturated rings. The van der Waals surface area contributed by atoms with Gasteiger partial charge in [-0.25, -0.2) is 0 Å². The Kier molecular flexibility index (Phi) is 4.80. The fourth-order valence-corrected chi connectivity index (χ4v) is 2.40. The molecule has 0 heterocycles. The van der Waals surface area contributed by atoms with E-state index in [4.69, 9.17) is 10.5 Å². The molecule has 0 aliphatic rings. The number of rotatable bonds is 5. The lowest BCUT2D eigenvalue weighted by atomic mass is 10.0. The van der Waals surface area contributed by atoms with Crippen LogP contribution in [0, 0.1) is 20.8 Å². The molecule has 0 aromatic heterocycles. The van der Waals surface area contributed by atoms with Gasteiger partial charge in [-0.3, -0.25) is 0 Å². The van der Waals surface area contributed by atoms with Crippen LogP contribution >= 0.6 is 0 Å². The molecule has 2 rings (SSSR count). The fourth-order valence-electron chi connectivity index (χ4n) is 2.40. The van der Waals surface area contributed by atoms with Gasteiger partial charge < -0.3 is 10.5 Å². The Morgan fingerprint density at radius 2 is 1.70 bits per heavy atom. The molecule has 0 spiro atoms. The topological polar surface area (TPSA) is 35.2 Å². The highest BCUT2D eigenvalue weighted by Crippen LogP contribution is 2.24. The lowest BCUT2D eigenvalue weighted by molar-refractivity contribution is 0.302. The third kappa shape index (κ3) is 3.40. The van der Waals surface area contributed by atoms with Crippen LogP contribution in [0.1, 0.15) is 27.8 Å². The Bertz CT molecular complexity index is 590. The Morgan fingerprint density at radius 3 is 2.40 bits per heavy atom. The van der Waals surface area contributed by atoms with Crippen LogP contribution in [0.5, 0.6) is 5.75 Å². The van der Waals surface area contributed by atoms with Gasteiger partial charge in [-0.15, -0.1) is 0 Å². The van der Waals surface area contributed by atoms with E-state index in [9.17, 15) is 0 Å². The Labute approximate surface area is 121 Å². The minimum absolute atomic E-state index is 0.597. The van der Waals surface area contributed by atoms with Crippen molar-refractivity contribution in [2.75, 3.05) is 6.54 Å². The van der Waals surface area contributed by atoms with Crippen LogP contribution in [-0.2, 0) is 13.0 Å². The molecule has 0 unspecified atom stereocenters. The molecule has 20 heavy (non-hydrogen) atoms. The second-order valence-electron chi connectivity index (χ2n) is 5.30. The zero-order valence-corrected chi connectivity index (χ0v) is 12.6. The van der Waals surface area contributed by atoms with Gasteiger partial charge in [0.15, 0.2) is 0 Å². The molecule has 0 aliphatic heterocycles. The van der Waals surface area contributed by atoms with Gasteiger partial charge in [-0.1, -0.05) is 30.3 Å². The lowest BCUT2D eigenvalue weighted by Gasteiger charge is -2.14. The first-order valence-electron chi connectivity index (χ1n) is 7.09. The first-order valence-corrected chi connectivity index (χ1v) is 7.09. The van der Waals surface area contributed by atoms with Gasteiger partial charge in [-0.05, 0) is 67.6 Å². The highest BCUT2D eigenvalue weighted by Gasteiger charge is 2.06. The number of hydrogen-bond acceptors (Lipinski definition) is 2. The zero-order chi connectivity index (χ0) is 14.5. The summed E-state index contributed by atoms with van der Waals surface area (Å²) in [4.78, 5) is 0. The van der Waals surface area contributed by atoms with E-state index in [1.807, 2.05) is 6.07 Å². The van der Waals surface area contributed by atoms with Crippen molar-refractivity contribution in [2.24, 2.45) is 5.73 Å². The molecular formula is C18H23NO. The van der Waals surface area contributed by atoms with E-state index in [2.05, 4.69) is 51.1 Å². The van der Waals surface area contributed by atoms with E-state index < -0.39 is 0 Å². The largest absolute Gasteiger partial charge is 0.489 e. The molecule has 0 saturated heterocycles. The molecule has 2 heteroatoms. The summed E-state index contributed by atoms with van der Waals surface area (Å²) in [6.45, 7) is 7.59. The summed E-state index contributed by atoms with van der Waals surface area (Å²) in [5.41, 5.74) is 11.9. The van der Waals surface area contributed by atoms with Gasteiger partial charge in [0.2, 0.25) is 0 Å². The van der Waals surface area contributed by atoms with Crippen LogP contribution in [-0.4, -0.2) is 6.54 Å². The highest BCUT2D eigenvalue weighted by atomic mass is 16.5. The normalized spacial score (nSPS) is 10.6. The van der Waals surface area contributed by atoms with E-state index in [1.165, 1.54) is 27.8 Å². The molecule has 0 amide bonds. The van der Waals surface area contributed by atoms with Gasteiger partial charge in [0.25, 0.3) is 0 Å². The lowest BCUT2D eigenvalue weighted by Crippen LogP contribution is -2.07. The van der Waals surface area contributed by atoms with Crippen molar-refractivity contribution in [3.63, 3.8) is 0 Å². The molecular weight excluding hydrogens is 246 g/mol. The van der Waals surface area contributed by atoms with Gasteiger partial charge in [0.1, 0.15) is 12.4 Å². The average molecular weight is 269 g/mol. The molecule has 0 atom stereocenters. The molecule has 2 nitrogen and oxygen atoms in total. The molecule has 2 N–H and O–H groups in total. The first kappa shape index (κ1) is 14.6. The maximum absolute atomic E-state index is 6.03. The molecule has 2 aromatic rings. The zero-order valence-electron chi connectivity index (χ0n) is 12.6. The molecule has 2 aromatic carbocycles. The van der Waals surface area contributed by atoms with Crippen LogP contribution in [0.15, 0.2) is 36.4 Å². The van der Waals surface area contributed by atoms with E-state index >= 15 is 0 Å². The van der Waals surface area contributed by atoms with Crippen LogP contribution in [0.2, 0.25) is 0 Å². The summed E-state index contributed by atoms with van der Waals surface area (Å²) in [7, 11) is 0. The second kappa shape index (κ2) is 6.58. The van der Waals surface area contributed by atoms with Crippen LogP contribution < -0.4 is 10.5 Å². The third-order valence-electron chi connectivity index (χ3n) is 3.68. The Balaban J connectivity index is 2.17. The van der Waals surface area contributed by atoms with Gasteiger partial charge in [0, 0.05) is 0 Å². The van der Waals surface area contributed by atoms with Crippen molar-refractivity contribution in [1.29, 1.82) is 0 Å². The monoisotopic (exact) mass is 269 g/mol. The van der Waals surface area contributed by atoms with E-state index in [-0.39, 0.29) is 0 Å². The standard InChI is InChI=1S/C18H23NO/c1-13-10-14(2)15(3)18(11-13)20-12-17-7-5-4-6-16(17)8-9-19/h4-7,10-11H,8-9,12,19H2,1-3H3. The fraction of sp³-hybridized carbons (Fsp3) is 0.333. The van der Waals surface area contributed by atoms with Gasteiger partial charge in [-0.2, -0.15) is 0 Å². The summed E-state index contributed by atoms with van der Waals surface area (Å²) < 4.78 is 6.03. The minimum atomic E-state index is 0.597. The minimum Gasteiger partial charge on any atom is -0.489 e. The molecule has 0 bridgehead atoms. The number of hydrogen-bond donors (Lipinski definition) is 1. The number of ether oxygens (including phenoxy) is 1. The van der Waals surface area contributed by atoms with Crippen LogP contribution in [0.4, 0.5) is 0 Å². The Morgan fingerprint density at radius 1 is 1.00 bits per heavy atom. The van der Waals surface area contributed by atoms with Crippen molar-refractivity contribution in [3.8, 4) is 5.75 Å². The highest BCUT2D eigenvalue weighted by molar-refractivity contribution is 5.42. The van der Waals surface area contributed by atoms with E-state index in [0.717, 1.165) is 12.2 Å². The summed E-state index contributed by atoms with van der Waals surface area (Å²) in [6.07, 6.45) is 0.894. The summed E-state index contributed by atoms with van der Waals surface area (Å²) in [5.74, 6) is 0.977. The van der Waals surface area contributed by atoms with E-state index in [0.29, 0.717) is 13.2 Å². The number of benzene rings is 2. The molecule has 0 radical (unpaired) electrons. The van der Waals surface area contributed by atoms with Crippen molar-refractivity contribution in [3.05, 3.63) is 64.2 Å². The summed E-state index contributed by atoms with van der Waals surface area (Å²) >= 11 is 0. The Hall–Kier alpha value is -1.80. The smallest absolute Gasteiger partial charge is 0.123 e. The molecule has 106 valence electrons. The second-order valence-corrected chi connectivity index (χ2v) is 5.30. The summed E-state index contributed by atoms with van der Waals surface area (Å²) in [5, 5.41) is 0. The van der Waals surface area contributed by atoms with Crippen LogP contribution in [0.25, 0.3) is 0 Å². The number of aryl methyl sites for hydroxylation is 2. The number of nitrogens with two attached hydrogens (primary N) is 1. The molecule has 0 saturated carbocycles. The van der Waals surface area contributed by atoms with Crippen LogP contribution in [0.3, 0.4) is 0 Å². The van der Waals surface area contributed by atoms with Crippen molar-refractivity contribution < 1.29 is 4.74 Å². The predicted molar refractivity (Wildman–Crippen MR) is 84.2 cm³/mol. The maximum Gasteiger partial charge on any atom is 0.123 e. The van der Waals surface area contributed by atoms with Crippen molar-refractivity contribution in [2.45, 2.75) is 33.8 Å². The van der Waals surface area contributed by atoms with Crippen molar-refractivity contribution in [1.82, 2.24) is 0 Å². The average Bonchev–Trinajstić information content (AvgIpc) is 2.43. The SMILES string of the molecule is Cc1cc(C)c(C)c(OCc2ccccc2CCN)c1. The maximum atomic E-state index is 6.03. The molecule has 0 aliphatic carbocycles. The van der Waals surface area contributed by atoms with Crippen molar-refractivity contribution >= 4 is 0 Å². The predicted octanol–water partition coefficient (Wildman–Crippen LogP) is 3.69. The summed E-state index contributed by atoms with van der Waals surface area (Å²) in [6, 6.07) is 12.6. The van der Waals surface area contributed by atoms with Gasteiger partial charge in [0.05, 0.1) is 0 Å². The van der Waals surface area contributed by atoms with E-state index in [1.54, 1.807) is 0 Å². The first-order chi connectivity index (χ1) is 9.61. The quantitative estimate of drug-likeness (QED) is 0.898. The third-order valence-corrected chi connectivity index (χ3v) is 3.68. The van der Waals surface area contributed by atoms with Gasteiger partial charge >= 0.3 is 0 Å².